The molecule has 0 bridgehead atoms. The van der Waals surface area contributed by atoms with E-state index < -0.39 is 29.0 Å². The van der Waals surface area contributed by atoms with Gasteiger partial charge in [0.05, 0.1) is 53.2 Å². The number of amides is 7. The highest BCUT2D eigenvalue weighted by Crippen LogP contribution is 2.28. The molecule has 2 atom stereocenters. The lowest BCUT2D eigenvalue weighted by Crippen LogP contribution is -2.52. The van der Waals surface area contributed by atoms with Crippen molar-refractivity contribution in [1.82, 2.24) is 26.2 Å². The number of urea groups is 2. The van der Waals surface area contributed by atoms with Gasteiger partial charge in [0, 0.05) is 50.9 Å². The Labute approximate surface area is 389 Å². The number of rotatable bonds is 9. The van der Waals surface area contributed by atoms with Gasteiger partial charge in [0.15, 0.2) is 0 Å². The van der Waals surface area contributed by atoms with Crippen LogP contribution in [0.2, 0.25) is 0 Å². The lowest BCUT2D eigenvalue weighted by Gasteiger charge is -2.26. The maximum absolute atomic E-state index is 12.4. The molecule has 3 aliphatic rings. The minimum Gasteiger partial charge on any atom is -0.497 e. The Hall–Kier alpha value is -6.50. The monoisotopic (exact) mass is 950 g/mol. The number of aryl methyl sites for hydroxylation is 1. The molecule has 64 heavy (non-hydrogen) atoms. The smallest absolute Gasteiger partial charge is 0.338 e. The van der Waals surface area contributed by atoms with Gasteiger partial charge in [-0.05, 0) is 92.1 Å². The molecule has 18 nitrogen and oxygen atoms in total. The molecule has 3 aromatic rings. The van der Waals surface area contributed by atoms with E-state index in [2.05, 4.69) is 81.0 Å². The van der Waals surface area contributed by atoms with Crippen LogP contribution in [0.3, 0.4) is 0 Å². The standard InChI is InChI=1S/C14H15N3O4.C10H11BrO3.C10H12O3.C5H9N3O2.C3H4.B3.2H2/c1-14(12(19)15-13(20)16-14)7-17-6-8-5-9(21-2)3-4-10(8)11(17)18;1-13-8-3-4-9(10(12)14-2)7(5-8)6-11;1-7-6-8(12-2)4-5-9(7)10(11)13-3;1-5(2-6)3(9)7-4(10)8-5;2*1-3-2;;/h3-5H,6-7H2,1-2H3,(H2,15,16,19,20);3-5H,6H2,1-2H3;4-6H,1-3H3;2,6H2,1H3,(H2,7,8,9,10);1-2H2;;2*1H/i;;;;;;1+1D;1+1. The molecule has 0 spiro atoms. The Bertz CT molecular complexity index is 2210. The number of halogens is 1. The van der Waals surface area contributed by atoms with Gasteiger partial charge < -0.3 is 45.0 Å². The van der Waals surface area contributed by atoms with Crippen LogP contribution in [0, 0.1) is 6.92 Å². The highest BCUT2D eigenvalue weighted by Gasteiger charge is 2.45. The first-order chi connectivity index (χ1) is 31.2. The van der Waals surface area contributed by atoms with Crippen molar-refractivity contribution in [1.29, 1.82) is 0 Å². The van der Waals surface area contributed by atoms with Crippen LogP contribution in [0.1, 0.15) is 66.0 Å². The van der Waals surface area contributed by atoms with Gasteiger partial charge in [-0.1, -0.05) is 29.1 Å². The molecule has 6 N–H and O–H groups in total. The zero-order chi connectivity index (χ0) is 50.8. The minimum absolute atomic E-state index is 0. The van der Waals surface area contributed by atoms with Crippen LogP contribution in [0.5, 0.6) is 17.2 Å². The normalized spacial score (nSPS) is 17.3. The van der Waals surface area contributed by atoms with E-state index in [0.29, 0.717) is 34.3 Å². The summed E-state index contributed by atoms with van der Waals surface area (Å²) in [6.07, 6.45) is 0. The molecule has 2 fully saturated rings. The van der Waals surface area contributed by atoms with Gasteiger partial charge >= 0.3 is 24.0 Å². The number of benzene rings is 3. The third kappa shape index (κ3) is 15.7. The lowest BCUT2D eigenvalue weighted by atomic mass is 9.40. The Morgan fingerprint density at radius 1 is 0.812 bits per heavy atom. The molecular formula is C42H55B3BrN6O12. The van der Waals surface area contributed by atoms with E-state index in [1.165, 1.54) is 14.2 Å². The van der Waals surface area contributed by atoms with Crippen LogP contribution in [-0.4, -0.2) is 129 Å². The van der Waals surface area contributed by atoms with Crippen molar-refractivity contribution in [3.05, 3.63) is 107 Å². The number of carbonyl (C=O) groups excluding carboxylic acids is 7. The number of ether oxygens (including phenoxy) is 5. The van der Waals surface area contributed by atoms with E-state index in [4.69, 9.17) is 22.9 Å². The number of esters is 2. The number of nitrogens with two attached hydrogens (primary N) is 1. The van der Waals surface area contributed by atoms with E-state index >= 15 is 0 Å². The summed E-state index contributed by atoms with van der Waals surface area (Å²) in [5.74, 6) is 0.567. The highest BCUT2D eigenvalue weighted by atomic mass is 79.9. The Morgan fingerprint density at radius 3 is 1.66 bits per heavy atom. The molecule has 0 aliphatic carbocycles. The summed E-state index contributed by atoms with van der Waals surface area (Å²) in [5, 5.41) is 9.83. The van der Waals surface area contributed by atoms with E-state index in [1.807, 2.05) is 13.0 Å². The summed E-state index contributed by atoms with van der Waals surface area (Å²) in [5.41, 5.74) is 9.79. The Kier molecular flexibility index (Phi) is 22.5. The number of nitrogens with zero attached hydrogens (tertiary/aromatic N) is 1. The largest absolute Gasteiger partial charge is 0.497 e. The summed E-state index contributed by atoms with van der Waals surface area (Å²) in [4.78, 5) is 80.9. The van der Waals surface area contributed by atoms with Crippen molar-refractivity contribution < 1.29 is 61.6 Å². The van der Waals surface area contributed by atoms with Crippen molar-refractivity contribution >= 4 is 80.2 Å². The quantitative estimate of drug-likeness (QED) is 0.0681. The number of imide groups is 2. The zero-order valence-corrected chi connectivity index (χ0v) is 38.6. The molecule has 2 saturated heterocycles. The van der Waals surface area contributed by atoms with Gasteiger partial charge in [0.1, 0.15) is 28.3 Å². The molecule has 5 radical (unpaired) electrons. The van der Waals surface area contributed by atoms with Crippen molar-refractivity contribution in [3.63, 3.8) is 0 Å². The van der Waals surface area contributed by atoms with Gasteiger partial charge in [-0.15, -0.1) is 5.73 Å². The number of nitrogens with one attached hydrogen (secondary N) is 4. The summed E-state index contributed by atoms with van der Waals surface area (Å²) in [6, 6.07) is 14.7. The van der Waals surface area contributed by atoms with Crippen LogP contribution in [0.15, 0.2) is 73.5 Å². The molecule has 3 heterocycles. The van der Waals surface area contributed by atoms with Gasteiger partial charge in [-0.25, -0.2) is 19.2 Å². The van der Waals surface area contributed by atoms with Crippen molar-refractivity contribution in [2.45, 2.75) is 43.7 Å². The number of hydrogen-bond donors (Lipinski definition) is 5. The zero-order valence-electron chi connectivity index (χ0n) is 39.0. The summed E-state index contributed by atoms with van der Waals surface area (Å²) in [7, 11) is 17.5. The first kappa shape index (κ1) is 53.6. The van der Waals surface area contributed by atoms with Crippen molar-refractivity contribution in [2.24, 2.45) is 5.73 Å². The molecule has 2 unspecified atom stereocenters. The average Bonchev–Trinajstić information content (AvgIpc) is 3.87. The predicted octanol–water partition coefficient (Wildman–Crippen LogP) is 3.27. The van der Waals surface area contributed by atoms with E-state index in [9.17, 15) is 33.6 Å². The minimum atomic E-state index is -1.10. The Balaban J connectivity index is 0. The van der Waals surface area contributed by atoms with Crippen molar-refractivity contribution in [3.8, 4) is 17.2 Å². The molecule has 7 amide bonds. The molecule has 22 heteroatoms. The second-order valence-corrected chi connectivity index (χ2v) is 14.2. The van der Waals surface area contributed by atoms with Gasteiger partial charge in [0.2, 0.25) is 0 Å². The fourth-order valence-electron chi connectivity index (χ4n) is 5.63. The maximum Gasteiger partial charge on any atom is 0.338 e. The molecular weight excluding hydrogens is 893 g/mol. The molecule has 0 aromatic heterocycles. The third-order valence-corrected chi connectivity index (χ3v) is 9.65. The third-order valence-electron chi connectivity index (χ3n) is 9.04. The van der Waals surface area contributed by atoms with E-state index in [1.54, 1.807) is 88.6 Å². The molecule has 341 valence electrons. The summed E-state index contributed by atoms with van der Waals surface area (Å²) >= 11 is 3.31. The van der Waals surface area contributed by atoms with Crippen LogP contribution < -0.4 is 41.2 Å². The van der Waals surface area contributed by atoms with E-state index in [0.717, 1.165) is 35.3 Å². The van der Waals surface area contributed by atoms with Crippen LogP contribution in [0.4, 0.5) is 9.59 Å². The Morgan fingerprint density at radius 2 is 1.25 bits per heavy atom. The number of fused-ring (bicyclic) bond motifs is 1. The molecule has 3 aliphatic heterocycles. The second-order valence-electron chi connectivity index (χ2n) is 13.6. The topological polar surface area (TPSA) is 243 Å². The number of methoxy groups -OCH3 is 5. The number of hydrogen-bond acceptors (Lipinski definition) is 13. The van der Waals surface area contributed by atoms with Crippen molar-refractivity contribution in [2.75, 3.05) is 48.6 Å². The first-order valence-corrected chi connectivity index (χ1v) is 19.9. The summed E-state index contributed by atoms with van der Waals surface area (Å²) in [6.45, 7) is 11.9. The molecule has 0 saturated carbocycles. The van der Waals surface area contributed by atoms with Crippen LogP contribution >= 0.6 is 15.9 Å². The van der Waals surface area contributed by atoms with Gasteiger partial charge in [-0.3, -0.25) is 25.0 Å². The number of alkyl halides is 1. The maximum atomic E-state index is 12.4. The second kappa shape index (κ2) is 26.9. The van der Waals surface area contributed by atoms with Crippen LogP contribution in [0.25, 0.3) is 0 Å². The van der Waals surface area contributed by atoms with E-state index in [-0.39, 0.29) is 38.3 Å². The molecule has 3 aromatic carbocycles. The average molecular weight is 951 g/mol. The van der Waals surface area contributed by atoms with Crippen LogP contribution in [-0.2, 0) is 30.9 Å². The SMILES string of the molecule is C=C=C.CC1(CN)NC(=O)NC1=O.COC(=O)c1ccc(OC)cc1C.COC(=O)c1ccc(OC)cc1CBr.COc1ccc2c(c1)CN(CC1(C)NC(=O)NC1=O)C2=O.[2HH].[2H][2H].[B][B][B]. The van der Waals surface area contributed by atoms with Gasteiger partial charge in [0.25, 0.3) is 17.7 Å². The fourth-order valence-corrected chi connectivity index (χ4v) is 6.09. The van der Waals surface area contributed by atoms with Gasteiger partial charge in [-0.2, -0.15) is 0 Å². The number of carbonyl (C=O) groups is 7. The molecule has 6 rings (SSSR count). The highest BCUT2D eigenvalue weighted by molar-refractivity contribution is 9.08. The lowest BCUT2D eigenvalue weighted by molar-refractivity contribution is -0.124. The fraction of sp³-hybridized carbons (Fsp3) is 0.333. The first-order valence-electron chi connectivity index (χ1n) is 19.8. The predicted molar refractivity (Wildman–Crippen MR) is 249 cm³/mol. The summed E-state index contributed by atoms with van der Waals surface area (Å²) < 4.78 is 34.5.